The zero-order valence-electron chi connectivity index (χ0n) is 7.45. The average molecular weight is 180 g/mol. The standard InChI is InChI=1S/C10H12O3/c1-2-10(13)9-5-8(12)4-3-7(9)6-11/h3-5,11-12H,2,6H2,1H3. The van der Waals surface area contributed by atoms with Gasteiger partial charge in [0.15, 0.2) is 5.78 Å². The van der Waals surface area contributed by atoms with Crippen molar-refractivity contribution in [3.05, 3.63) is 29.3 Å². The molecule has 3 heteroatoms. The molecule has 0 aliphatic carbocycles. The molecule has 0 bridgehead atoms. The summed E-state index contributed by atoms with van der Waals surface area (Å²) in [6, 6.07) is 4.40. The molecular weight excluding hydrogens is 168 g/mol. The quantitative estimate of drug-likeness (QED) is 0.692. The molecule has 1 aromatic rings. The summed E-state index contributed by atoms with van der Waals surface area (Å²) in [5.74, 6) is -0.0195. The smallest absolute Gasteiger partial charge is 0.163 e. The summed E-state index contributed by atoms with van der Waals surface area (Å²) in [4.78, 5) is 11.3. The Bertz CT molecular complexity index is 318. The Morgan fingerprint density at radius 3 is 2.69 bits per heavy atom. The highest BCUT2D eigenvalue weighted by atomic mass is 16.3. The molecule has 0 aliphatic heterocycles. The van der Waals surface area contributed by atoms with Crippen LogP contribution in [0, 0.1) is 0 Å². The van der Waals surface area contributed by atoms with Gasteiger partial charge >= 0.3 is 0 Å². The number of phenolic OH excluding ortho intramolecular Hbond substituents is 1. The molecule has 0 atom stereocenters. The molecule has 0 heterocycles. The minimum absolute atomic E-state index is 0.0500. The largest absolute Gasteiger partial charge is 0.508 e. The van der Waals surface area contributed by atoms with E-state index in [0.29, 0.717) is 17.5 Å². The second kappa shape index (κ2) is 4.05. The van der Waals surface area contributed by atoms with E-state index in [1.54, 1.807) is 13.0 Å². The number of ketones is 1. The van der Waals surface area contributed by atoms with Crippen molar-refractivity contribution in [2.24, 2.45) is 0 Å². The third-order valence-electron chi connectivity index (χ3n) is 1.89. The van der Waals surface area contributed by atoms with Crippen molar-refractivity contribution in [1.82, 2.24) is 0 Å². The number of hydrogen-bond acceptors (Lipinski definition) is 3. The third kappa shape index (κ3) is 2.06. The lowest BCUT2D eigenvalue weighted by atomic mass is 10.0. The molecule has 3 nitrogen and oxygen atoms in total. The Labute approximate surface area is 76.6 Å². The normalized spacial score (nSPS) is 10.0. The molecular formula is C10H12O3. The van der Waals surface area contributed by atoms with Crippen LogP contribution < -0.4 is 0 Å². The van der Waals surface area contributed by atoms with Gasteiger partial charge in [-0.05, 0) is 17.7 Å². The molecule has 1 rings (SSSR count). The van der Waals surface area contributed by atoms with E-state index in [0.717, 1.165) is 0 Å². The van der Waals surface area contributed by atoms with Crippen molar-refractivity contribution < 1.29 is 15.0 Å². The first kappa shape index (κ1) is 9.74. The number of Topliss-reactive ketones (excluding diaryl/α,β-unsaturated/α-hetero) is 1. The molecule has 13 heavy (non-hydrogen) atoms. The summed E-state index contributed by atoms with van der Waals surface area (Å²) in [5, 5.41) is 18.1. The van der Waals surface area contributed by atoms with Crippen LogP contribution in [0.1, 0.15) is 29.3 Å². The van der Waals surface area contributed by atoms with E-state index in [1.165, 1.54) is 12.1 Å². The van der Waals surface area contributed by atoms with Crippen molar-refractivity contribution in [1.29, 1.82) is 0 Å². The monoisotopic (exact) mass is 180 g/mol. The molecule has 0 aliphatic rings. The first-order valence-electron chi connectivity index (χ1n) is 4.15. The van der Waals surface area contributed by atoms with Crippen LogP contribution in [0.15, 0.2) is 18.2 Å². The van der Waals surface area contributed by atoms with Gasteiger partial charge in [0, 0.05) is 12.0 Å². The van der Waals surface area contributed by atoms with Gasteiger partial charge in [0.25, 0.3) is 0 Å². The van der Waals surface area contributed by atoms with Gasteiger partial charge in [0.2, 0.25) is 0 Å². The van der Waals surface area contributed by atoms with Crippen LogP contribution >= 0.6 is 0 Å². The van der Waals surface area contributed by atoms with Crippen molar-refractivity contribution in [2.75, 3.05) is 0 Å². The maximum absolute atomic E-state index is 11.3. The fourth-order valence-electron chi connectivity index (χ4n) is 1.15. The van der Waals surface area contributed by atoms with Crippen LogP contribution in [0.25, 0.3) is 0 Å². The predicted molar refractivity (Wildman–Crippen MR) is 48.7 cm³/mol. The SMILES string of the molecule is CCC(=O)c1cc(O)ccc1CO. The summed E-state index contributed by atoms with van der Waals surface area (Å²) in [6.45, 7) is 1.56. The summed E-state index contributed by atoms with van der Waals surface area (Å²) in [6.07, 6.45) is 0.371. The zero-order chi connectivity index (χ0) is 9.84. The molecule has 0 saturated heterocycles. The van der Waals surface area contributed by atoms with E-state index >= 15 is 0 Å². The van der Waals surface area contributed by atoms with Crippen LogP contribution in [0.2, 0.25) is 0 Å². The number of rotatable bonds is 3. The number of carbonyl (C=O) groups excluding carboxylic acids is 1. The third-order valence-corrected chi connectivity index (χ3v) is 1.89. The van der Waals surface area contributed by atoms with Crippen molar-refractivity contribution in [2.45, 2.75) is 20.0 Å². The number of hydrogen-bond donors (Lipinski definition) is 2. The van der Waals surface area contributed by atoms with Crippen LogP contribution in [0.5, 0.6) is 5.75 Å². The van der Waals surface area contributed by atoms with Gasteiger partial charge in [-0.2, -0.15) is 0 Å². The summed E-state index contributed by atoms with van der Waals surface area (Å²) in [5.41, 5.74) is 0.967. The van der Waals surface area contributed by atoms with E-state index in [-0.39, 0.29) is 18.1 Å². The van der Waals surface area contributed by atoms with Crippen LogP contribution in [-0.2, 0) is 6.61 Å². The Morgan fingerprint density at radius 1 is 1.46 bits per heavy atom. The molecule has 0 spiro atoms. The van der Waals surface area contributed by atoms with Gasteiger partial charge in [-0.3, -0.25) is 4.79 Å². The molecule has 0 saturated carbocycles. The fraction of sp³-hybridized carbons (Fsp3) is 0.300. The van der Waals surface area contributed by atoms with Crippen molar-refractivity contribution in [3.63, 3.8) is 0 Å². The lowest BCUT2D eigenvalue weighted by molar-refractivity contribution is 0.0984. The highest BCUT2D eigenvalue weighted by Crippen LogP contribution is 2.18. The molecule has 2 N–H and O–H groups in total. The van der Waals surface area contributed by atoms with E-state index in [1.807, 2.05) is 0 Å². The molecule has 70 valence electrons. The molecule has 0 radical (unpaired) electrons. The van der Waals surface area contributed by atoms with Gasteiger partial charge in [0.1, 0.15) is 5.75 Å². The van der Waals surface area contributed by atoms with Gasteiger partial charge in [-0.25, -0.2) is 0 Å². The number of aromatic hydroxyl groups is 1. The summed E-state index contributed by atoms with van der Waals surface area (Å²) >= 11 is 0. The maximum Gasteiger partial charge on any atom is 0.163 e. The van der Waals surface area contributed by atoms with E-state index in [2.05, 4.69) is 0 Å². The van der Waals surface area contributed by atoms with Crippen molar-refractivity contribution >= 4 is 5.78 Å². The molecule has 1 aromatic carbocycles. The van der Waals surface area contributed by atoms with E-state index in [4.69, 9.17) is 10.2 Å². The van der Waals surface area contributed by atoms with Gasteiger partial charge in [0.05, 0.1) is 6.61 Å². The maximum atomic E-state index is 11.3. The summed E-state index contributed by atoms with van der Waals surface area (Å²) < 4.78 is 0. The van der Waals surface area contributed by atoms with Crippen LogP contribution in [0.4, 0.5) is 0 Å². The second-order valence-electron chi connectivity index (χ2n) is 2.78. The van der Waals surface area contributed by atoms with Crippen LogP contribution in [-0.4, -0.2) is 16.0 Å². The van der Waals surface area contributed by atoms with Crippen LogP contribution in [0.3, 0.4) is 0 Å². The lowest BCUT2D eigenvalue weighted by Crippen LogP contribution is -2.01. The number of benzene rings is 1. The van der Waals surface area contributed by atoms with E-state index < -0.39 is 0 Å². The lowest BCUT2D eigenvalue weighted by Gasteiger charge is -2.05. The minimum Gasteiger partial charge on any atom is -0.508 e. The topological polar surface area (TPSA) is 57.5 Å². The first-order valence-corrected chi connectivity index (χ1v) is 4.15. The minimum atomic E-state index is -0.179. The Morgan fingerprint density at radius 2 is 2.15 bits per heavy atom. The molecule has 0 unspecified atom stereocenters. The Kier molecular flexibility index (Phi) is 3.03. The Balaban J connectivity index is 3.15. The number of aliphatic hydroxyl groups excluding tert-OH is 1. The fourth-order valence-corrected chi connectivity index (χ4v) is 1.15. The number of aliphatic hydroxyl groups is 1. The Hall–Kier alpha value is -1.35. The second-order valence-corrected chi connectivity index (χ2v) is 2.78. The average Bonchev–Trinajstić information content (AvgIpc) is 2.16. The molecule has 0 amide bonds. The van der Waals surface area contributed by atoms with Gasteiger partial charge < -0.3 is 10.2 Å². The van der Waals surface area contributed by atoms with Gasteiger partial charge in [-0.15, -0.1) is 0 Å². The highest BCUT2D eigenvalue weighted by Gasteiger charge is 2.09. The number of phenols is 1. The number of carbonyl (C=O) groups is 1. The first-order chi connectivity index (χ1) is 6.19. The predicted octanol–water partition coefficient (Wildman–Crippen LogP) is 1.48. The van der Waals surface area contributed by atoms with Gasteiger partial charge in [-0.1, -0.05) is 13.0 Å². The van der Waals surface area contributed by atoms with E-state index in [9.17, 15) is 4.79 Å². The summed E-state index contributed by atoms with van der Waals surface area (Å²) in [7, 11) is 0. The highest BCUT2D eigenvalue weighted by molar-refractivity contribution is 5.97. The molecule has 0 fully saturated rings. The van der Waals surface area contributed by atoms with Crippen molar-refractivity contribution in [3.8, 4) is 5.75 Å². The zero-order valence-corrected chi connectivity index (χ0v) is 7.45. The molecule has 0 aromatic heterocycles.